The van der Waals surface area contributed by atoms with Gasteiger partial charge in [0.2, 0.25) is 21.9 Å². The molecule has 0 spiro atoms. The minimum atomic E-state index is -4.00. The van der Waals surface area contributed by atoms with Gasteiger partial charge in [-0.2, -0.15) is 4.31 Å². The molecule has 1 amide bonds. The summed E-state index contributed by atoms with van der Waals surface area (Å²) < 4.78 is 30.0. The Morgan fingerprint density at radius 2 is 1.76 bits per heavy atom. The number of rotatable bonds is 6. The van der Waals surface area contributed by atoms with Crippen molar-refractivity contribution in [1.82, 2.24) is 23.8 Å². The second-order valence-electron chi connectivity index (χ2n) is 8.69. The zero-order valence-electron chi connectivity index (χ0n) is 20.6. The topological polar surface area (TPSA) is 122 Å². The highest BCUT2D eigenvalue weighted by atomic mass is 35.5. The van der Waals surface area contributed by atoms with Crippen molar-refractivity contribution in [2.24, 2.45) is 0 Å². The molecule has 1 aromatic carbocycles. The van der Waals surface area contributed by atoms with Crippen LogP contribution in [-0.4, -0.2) is 71.4 Å². The van der Waals surface area contributed by atoms with E-state index < -0.39 is 21.5 Å². The predicted octanol–water partition coefficient (Wildman–Crippen LogP) is 2.38. The lowest BCUT2D eigenvalue weighted by Gasteiger charge is -2.33. The number of hydrogen-bond donors (Lipinski definition) is 0. The number of halogens is 1. The van der Waals surface area contributed by atoms with Gasteiger partial charge >= 0.3 is 0 Å². The van der Waals surface area contributed by atoms with Crippen molar-refractivity contribution >= 4 is 60.7 Å². The minimum absolute atomic E-state index is 0.00276. The number of hydrogen-bond acceptors (Lipinski definition) is 9. The number of aryl methyl sites for hydroxylation is 1. The van der Waals surface area contributed by atoms with E-state index in [9.17, 15) is 18.0 Å². The number of fused-ring (bicyclic) bond motifs is 1. The third-order valence-corrected chi connectivity index (χ3v) is 9.90. The summed E-state index contributed by atoms with van der Waals surface area (Å²) in [7, 11) is -2.44. The minimum Gasteiger partial charge on any atom is -0.338 e. The summed E-state index contributed by atoms with van der Waals surface area (Å²) in [5, 5.41) is 0.391. The molecule has 14 heteroatoms. The van der Waals surface area contributed by atoms with Gasteiger partial charge in [0.15, 0.2) is 0 Å². The molecule has 5 rings (SSSR count). The maximum Gasteiger partial charge on any atom is 0.263 e. The standard InChI is InChI=1S/C24H24ClN7O4S2/c1-16-21(38(35,36)32-12-10-30(11-13-32)24-26-8-5-9-27-24)20-22(37-16)28-15-31(23(20)34)14-19(33)29(2)18-7-4-3-6-17(18)25/h3-9,15H,10-14H2,1-2H3. The highest BCUT2D eigenvalue weighted by Gasteiger charge is 2.34. The van der Waals surface area contributed by atoms with Crippen molar-refractivity contribution in [3.05, 3.63) is 69.3 Å². The monoisotopic (exact) mass is 573 g/mol. The summed E-state index contributed by atoms with van der Waals surface area (Å²) in [5.41, 5.74) is -0.0916. The second kappa shape index (κ2) is 10.4. The number of amides is 1. The van der Waals surface area contributed by atoms with Crippen LogP contribution in [0.3, 0.4) is 0 Å². The summed E-state index contributed by atoms with van der Waals surface area (Å²) in [4.78, 5) is 43.3. The molecule has 0 N–H and O–H groups in total. The van der Waals surface area contributed by atoms with Crippen molar-refractivity contribution in [3.8, 4) is 0 Å². The van der Waals surface area contributed by atoms with Crippen molar-refractivity contribution in [1.29, 1.82) is 0 Å². The number of carbonyl (C=O) groups is 1. The first-order valence-electron chi connectivity index (χ1n) is 11.7. The highest BCUT2D eigenvalue weighted by molar-refractivity contribution is 7.89. The molecule has 0 unspecified atom stereocenters. The number of benzene rings is 1. The smallest absolute Gasteiger partial charge is 0.263 e. The molecule has 1 aliphatic heterocycles. The summed E-state index contributed by atoms with van der Waals surface area (Å²) in [6.45, 7) is 2.59. The maximum absolute atomic E-state index is 13.8. The van der Waals surface area contributed by atoms with E-state index in [1.807, 2.05) is 4.90 Å². The molecular weight excluding hydrogens is 550 g/mol. The average molecular weight is 574 g/mol. The van der Waals surface area contributed by atoms with E-state index >= 15 is 0 Å². The molecule has 0 saturated carbocycles. The largest absolute Gasteiger partial charge is 0.338 e. The third-order valence-electron chi connectivity index (χ3n) is 6.36. The van der Waals surface area contributed by atoms with Crippen LogP contribution in [0, 0.1) is 6.92 Å². The molecule has 0 aliphatic carbocycles. The molecule has 0 radical (unpaired) electrons. The van der Waals surface area contributed by atoms with Crippen LogP contribution in [0.1, 0.15) is 4.88 Å². The molecule has 11 nitrogen and oxygen atoms in total. The van der Waals surface area contributed by atoms with Gasteiger partial charge < -0.3 is 9.80 Å². The van der Waals surface area contributed by atoms with Gasteiger partial charge in [-0.25, -0.2) is 23.4 Å². The summed E-state index contributed by atoms with van der Waals surface area (Å²) >= 11 is 7.35. The van der Waals surface area contributed by atoms with E-state index in [0.717, 1.165) is 15.9 Å². The third kappa shape index (κ3) is 4.77. The molecule has 3 aromatic heterocycles. The Bertz CT molecular complexity index is 1670. The summed E-state index contributed by atoms with van der Waals surface area (Å²) in [5.74, 6) is 0.136. The summed E-state index contributed by atoms with van der Waals surface area (Å²) in [6.07, 6.45) is 4.55. The lowest BCUT2D eigenvalue weighted by molar-refractivity contribution is -0.118. The van der Waals surface area contributed by atoms with Crippen LogP contribution < -0.4 is 15.4 Å². The zero-order chi connectivity index (χ0) is 27.0. The number of likely N-dealkylation sites (N-methyl/N-ethyl adjacent to an activating group) is 1. The first-order valence-corrected chi connectivity index (χ1v) is 14.3. The Morgan fingerprint density at radius 1 is 1.08 bits per heavy atom. The van der Waals surface area contributed by atoms with E-state index in [-0.39, 0.29) is 29.9 Å². The predicted molar refractivity (Wildman–Crippen MR) is 146 cm³/mol. The number of nitrogens with zero attached hydrogens (tertiary/aromatic N) is 7. The van der Waals surface area contributed by atoms with Gasteiger partial charge in [-0.1, -0.05) is 23.7 Å². The lowest BCUT2D eigenvalue weighted by Crippen LogP contribution is -2.49. The molecule has 4 heterocycles. The molecule has 1 saturated heterocycles. The Hall–Kier alpha value is -3.39. The number of thiophene rings is 1. The van der Waals surface area contributed by atoms with Crippen LogP contribution in [0.4, 0.5) is 11.6 Å². The number of carbonyl (C=O) groups excluding carboxylic acids is 1. The molecule has 0 bridgehead atoms. The van der Waals surface area contributed by atoms with Crippen molar-refractivity contribution < 1.29 is 13.2 Å². The van der Waals surface area contributed by atoms with Gasteiger partial charge in [-0.3, -0.25) is 14.2 Å². The quantitative estimate of drug-likeness (QED) is 0.345. The van der Waals surface area contributed by atoms with Crippen LogP contribution in [0.25, 0.3) is 10.2 Å². The van der Waals surface area contributed by atoms with Crippen molar-refractivity contribution in [2.75, 3.05) is 43.0 Å². The van der Waals surface area contributed by atoms with E-state index in [2.05, 4.69) is 15.0 Å². The fourth-order valence-corrected chi connectivity index (χ4v) is 7.71. The Labute approximate surface area is 228 Å². The number of aromatic nitrogens is 4. The molecule has 38 heavy (non-hydrogen) atoms. The number of piperazine rings is 1. The first kappa shape index (κ1) is 26.2. The second-order valence-corrected chi connectivity index (χ2v) is 12.2. The fourth-order valence-electron chi connectivity index (χ4n) is 4.36. The molecule has 198 valence electrons. The van der Waals surface area contributed by atoms with E-state index in [0.29, 0.717) is 39.5 Å². The van der Waals surface area contributed by atoms with Gasteiger partial charge in [0.25, 0.3) is 5.56 Å². The van der Waals surface area contributed by atoms with Gasteiger partial charge in [0.05, 0.1) is 22.4 Å². The maximum atomic E-state index is 13.8. The lowest BCUT2D eigenvalue weighted by atomic mass is 10.3. The zero-order valence-corrected chi connectivity index (χ0v) is 23.0. The number of sulfonamides is 1. The Balaban J connectivity index is 1.43. The number of anilines is 2. The fraction of sp³-hybridized carbons (Fsp3) is 0.292. The Morgan fingerprint density at radius 3 is 2.45 bits per heavy atom. The molecule has 4 aromatic rings. The van der Waals surface area contributed by atoms with Gasteiger partial charge in [-0.05, 0) is 25.1 Å². The van der Waals surface area contributed by atoms with E-state index in [1.54, 1.807) is 56.7 Å². The van der Waals surface area contributed by atoms with Crippen molar-refractivity contribution in [2.45, 2.75) is 18.4 Å². The van der Waals surface area contributed by atoms with Gasteiger partial charge in [-0.15, -0.1) is 11.3 Å². The van der Waals surface area contributed by atoms with Crippen LogP contribution in [0.5, 0.6) is 0 Å². The molecule has 1 aliphatic rings. The van der Waals surface area contributed by atoms with Gasteiger partial charge in [0.1, 0.15) is 16.3 Å². The van der Waals surface area contributed by atoms with Crippen LogP contribution in [0.2, 0.25) is 5.02 Å². The SMILES string of the molecule is Cc1sc2ncn(CC(=O)N(C)c3ccccc3Cl)c(=O)c2c1S(=O)(=O)N1CCN(c2ncccn2)CC1. The van der Waals surface area contributed by atoms with Crippen LogP contribution in [-0.2, 0) is 21.4 Å². The van der Waals surface area contributed by atoms with E-state index in [4.69, 9.17) is 11.6 Å². The van der Waals surface area contributed by atoms with Crippen LogP contribution in [0.15, 0.2) is 58.7 Å². The summed E-state index contributed by atoms with van der Waals surface area (Å²) in [6, 6.07) is 8.59. The van der Waals surface area contributed by atoms with E-state index in [1.165, 1.54) is 15.5 Å². The average Bonchev–Trinajstić information content (AvgIpc) is 3.28. The van der Waals surface area contributed by atoms with Gasteiger partial charge in [0, 0.05) is 50.5 Å². The van der Waals surface area contributed by atoms with Crippen molar-refractivity contribution in [3.63, 3.8) is 0 Å². The molecule has 1 fully saturated rings. The Kier molecular flexibility index (Phi) is 7.18. The normalized spacial score (nSPS) is 14.7. The first-order chi connectivity index (χ1) is 18.2. The number of para-hydroxylation sites is 1. The molecular formula is C24H24ClN7O4S2. The molecule has 0 atom stereocenters. The van der Waals surface area contributed by atoms with Crippen LogP contribution >= 0.6 is 22.9 Å². The highest BCUT2D eigenvalue weighted by Crippen LogP contribution is 2.33.